The summed E-state index contributed by atoms with van der Waals surface area (Å²) in [5, 5.41) is 2.44. The van der Waals surface area contributed by atoms with Gasteiger partial charge in [-0.25, -0.2) is 22.0 Å². The van der Waals surface area contributed by atoms with Crippen LogP contribution in [0.15, 0.2) is 47.4 Å². The van der Waals surface area contributed by atoms with Crippen molar-refractivity contribution in [2.75, 3.05) is 12.3 Å². The van der Waals surface area contributed by atoms with Crippen LogP contribution in [0, 0.1) is 18.6 Å². The van der Waals surface area contributed by atoms with Crippen molar-refractivity contribution < 1.29 is 26.8 Å². The Balaban J connectivity index is 1.72. The number of sulfone groups is 1. The molecule has 1 heterocycles. The minimum Gasteiger partial charge on any atom is -0.319 e. The van der Waals surface area contributed by atoms with Crippen LogP contribution >= 0.6 is 0 Å². The van der Waals surface area contributed by atoms with Crippen molar-refractivity contribution in [3.63, 3.8) is 0 Å². The first-order valence-corrected chi connectivity index (χ1v) is 10.6. The van der Waals surface area contributed by atoms with Crippen molar-refractivity contribution in [2.24, 2.45) is 0 Å². The monoisotopic (exact) mass is 422 g/mol. The van der Waals surface area contributed by atoms with Gasteiger partial charge in [0.15, 0.2) is 9.84 Å². The molecule has 1 aliphatic heterocycles. The third-order valence-corrected chi connectivity index (χ3v) is 6.66. The molecule has 0 bridgehead atoms. The van der Waals surface area contributed by atoms with E-state index < -0.39 is 38.9 Å². The lowest BCUT2D eigenvalue weighted by atomic mass is 9.92. The largest absolute Gasteiger partial charge is 0.325 e. The molecule has 1 fully saturated rings. The molecule has 0 saturated carbocycles. The first-order valence-electron chi connectivity index (χ1n) is 8.93. The topological polar surface area (TPSA) is 83.6 Å². The zero-order valence-electron chi connectivity index (χ0n) is 15.9. The van der Waals surface area contributed by atoms with E-state index in [0.29, 0.717) is 6.07 Å². The second-order valence-corrected chi connectivity index (χ2v) is 9.27. The van der Waals surface area contributed by atoms with Gasteiger partial charge in [-0.1, -0.05) is 12.1 Å². The van der Waals surface area contributed by atoms with E-state index >= 15 is 0 Å². The molecule has 6 nitrogen and oxygen atoms in total. The fourth-order valence-electron chi connectivity index (χ4n) is 3.28. The third kappa shape index (κ3) is 4.14. The van der Waals surface area contributed by atoms with Crippen LogP contribution in [-0.4, -0.2) is 37.6 Å². The van der Waals surface area contributed by atoms with Gasteiger partial charge in [0.2, 0.25) is 0 Å². The van der Waals surface area contributed by atoms with E-state index in [2.05, 4.69) is 5.32 Å². The molecule has 3 amide bonds. The summed E-state index contributed by atoms with van der Waals surface area (Å²) in [6.07, 6.45) is 0.0308. The molecule has 3 rings (SSSR count). The number of benzene rings is 2. The van der Waals surface area contributed by atoms with Gasteiger partial charge in [-0.15, -0.1) is 0 Å². The van der Waals surface area contributed by atoms with Crippen molar-refractivity contribution in [1.29, 1.82) is 0 Å². The van der Waals surface area contributed by atoms with Crippen molar-refractivity contribution in [3.8, 4) is 0 Å². The van der Waals surface area contributed by atoms with Crippen LogP contribution in [-0.2, 0) is 20.2 Å². The average Bonchev–Trinajstić information content (AvgIpc) is 2.85. The molecule has 1 N–H and O–H groups in total. The van der Waals surface area contributed by atoms with Gasteiger partial charge in [0.25, 0.3) is 5.91 Å². The zero-order valence-corrected chi connectivity index (χ0v) is 16.7. The van der Waals surface area contributed by atoms with Crippen molar-refractivity contribution >= 4 is 21.8 Å². The van der Waals surface area contributed by atoms with Gasteiger partial charge in [0.05, 0.1) is 10.6 Å². The van der Waals surface area contributed by atoms with Crippen LogP contribution < -0.4 is 5.32 Å². The van der Waals surface area contributed by atoms with Gasteiger partial charge in [-0.05, 0) is 55.7 Å². The van der Waals surface area contributed by atoms with Crippen LogP contribution in [0.1, 0.15) is 24.5 Å². The normalized spacial score (nSPS) is 19.5. The molecule has 0 aromatic heterocycles. The minimum atomic E-state index is -3.57. The Bertz CT molecular complexity index is 1070. The van der Waals surface area contributed by atoms with Crippen molar-refractivity contribution in [1.82, 2.24) is 10.2 Å². The van der Waals surface area contributed by atoms with Crippen LogP contribution in [0.25, 0.3) is 0 Å². The fraction of sp³-hybridized carbons (Fsp3) is 0.300. The summed E-state index contributed by atoms with van der Waals surface area (Å²) in [4.78, 5) is 26.1. The average molecular weight is 422 g/mol. The predicted octanol–water partition coefficient (Wildman–Crippen LogP) is 2.90. The number of nitrogens with zero attached hydrogens (tertiary/aromatic N) is 1. The molecule has 29 heavy (non-hydrogen) atoms. The van der Waals surface area contributed by atoms with Crippen molar-refractivity contribution in [3.05, 3.63) is 65.2 Å². The van der Waals surface area contributed by atoms with E-state index in [-0.39, 0.29) is 29.2 Å². The lowest BCUT2D eigenvalue weighted by molar-refractivity contribution is -0.131. The molecular weight excluding hydrogens is 402 g/mol. The number of aryl methyl sites for hydroxylation is 1. The highest BCUT2D eigenvalue weighted by atomic mass is 32.2. The molecule has 2 aromatic carbocycles. The second-order valence-electron chi connectivity index (χ2n) is 7.16. The molecule has 0 aliphatic carbocycles. The maximum absolute atomic E-state index is 13.6. The molecule has 1 unspecified atom stereocenters. The van der Waals surface area contributed by atoms with Gasteiger partial charge in [0.1, 0.15) is 17.2 Å². The Labute approximate surface area is 167 Å². The van der Waals surface area contributed by atoms with Crippen LogP contribution in [0.2, 0.25) is 0 Å². The highest BCUT2D eigenvalue weighted by Gasteiger charge is 2.49. The molecule has 1 saturated heterocycles. The van der Waals surface area contributed by atoms with Crippen LogP contribution in [0.4, 0.5) is 13.6 Å². The summed E-state index contributed by atoms with van der Waals surface area (Å²) >= 11 is 0. The highest BCUT2D eigenvalue weighted by molar-refractivity contribution is 7.91. The number of halogens is 2. The van der Waals surface area contributed by atoms with Gasteiger partial charge in [-0.3, -0.25) is 9.69 Å². The number of carbonyl (C=O) groups excluding carboxylic acids is 2. The SMILES string of the molecule is Cc1cccc(S(=O)(=O)CCCN2C(=O)NC(C)(c3cc(F)cc(F)c3)C2=O)c1. The molecule has 0 radical (unpaired) electrons. The molecule has 1 atom stereocenters. The third-order valence-electron chi connectivity index (χ3n) is 4.86. The Kier molecular flexibility index (Phi) is 5.44. The van der Waals surface area contributed by atoms with E-state index in [1.165, 1.54) is 13.0 Å². The number of nitrogens with one attached hydrogen (secondary N) is 1. The summed E-state index contributed by atoms with van der Waals surface area (Å²) in [5.41, 5.74) is -0.850. The zero-order chi connectivity index (χ0) is 21.4. The number of urea groups is 1. The number of rotatable bonds is 6. The Morgan fingerprint density at radius 2 is 1.72 bits per heavy atom. The summed E-state index contributed by atoms with van der Waals surface area (Å²) in [6, 6.07) is 8.35. The van der Waals surface area contributed by atoms with E-state index in [0.717, 1.165) is 22.6 Å². The lowest BCUT2D eigenvalue weighted by Gasteiger charge is -2.22. The molecular formula is C20H20F2N2O4S. The standard InChI is InChI=1S/C20H20F2N2O4S/c1-13-5-3-6-17(9-13)29(27,28)8-4-7-24-18(25)20(2,23-19(24)26)14-10-15(21)12-16(22)11-14/h3,5-6,9-12H,4,7-8H2,1-2H3,(H,23,26). The van der Waals surface area contributed by atoms with E-state index in [9.17, 15) is 26.8 Å². The van der Waals surface area contributed by atoms with E-state index in [4.69, 9.17) is 0 Å². The number of carbonyl (C=O) groups is 2. The first kappa shape index (κ1) is 20.9. The molecule has 9 heteroatoms. The maximum Gasteiger partial charge on any atom is 0.325 e. The van der Waals surface area contributed by atoms with Gasteiger partial charge < -0.3 is 5.32 Å². The van der Waals surface area contributed by atoms with Gasteiger partial charge in [-0.2, -0.15) is 0 Å². The van der Waals surface area contributed by atoms with E-state index in [1.54, 1.807) is 25.1 Å². The number of hydrogen-bond acceptors (Lipinski definition) is 4. The summed E-state index contributed by atoms with van der Waals surface area (Å²) in [6.45, 7) is 3.00. The van der Waals surface area contributed by atoms with Crippen LogP contribution in [0.3, 0.4) is 0 Å². The lowest BCUT2D eigenvalue weighted by Crippen LogP contribution is -2.41. The molecule has 2 aromatic rings. The Morgan fingerprint density at radius 3 is 2.34 bits per heavy atom. The Hall–Kier alpha value is -2.81. The first-order chi connectivity index (χ1) is 13.5. The number of imide groups is 1. The molecule has 0 spiro atoms. The summed E-state index contributed by atoms with van der Waals surface area (Å²) in [7, 11) is -3.57. The second kappa shape index (κ2) is 7.55. The van der Waals surface area contributed by atoms with Gasteiger partial charge in [0, 0.05) is 12.6 Å². The predicted molar refractivity (Wildman–Crippen MR) is 102 cm³/mol. The Morgan fingerprint density at radius 1 is 1.07 bits per heavy atom. The van der Waals surface area contributed by atoms with Crippen molar-refractivity contribution in [2.45, 2.75) is 30.7 Å². The summed E-state index contributed by atoms with van der Waals surface area (Å²) < 4.78 is 52.0. The molecule has 1 aliphatic rings. The van der Waals surface area contributed by atoms with Gasteiger partial charge >= 0.3 is 6.03 Å². The smallest absolute Gasteiger partial charge is 0.319 e. The van der Waals surface area contributed by atoms with Crippen LogP contribution in [0.5, 0.6) is 0 Å². The maximum atomic E-state index is 13.6. The highest BCUT2D eigenvalue weighted by Crippen LogP contribution is 2.30. The van der Waals surface area contributed by atoms with E-state index in [1.807, 2.05) is 0 Å². The number of hydrogen-bond donors (Lipinski definition) is 1. The minimum absolute atomic E-state index is 0.0248. The summed E-state index contributed by atoms with van der Waals surface area (Å²) in [5.74, 6) is -2.68. The quantitative estimate of drug-likeness (QED) is 0.726. The molecule has 154 valence electrons. The number of amides is 3. The fourth-order valence-corrected chi connectivity index (χ4v) is 4.67.